The predicted molar refractivity (Wildman–Crippen MR) is 113 cm³/mol. The molecule has 10 heteroatoms. The molecule has 32 heavy (non-hydrogen) atoms. The van der Waals surface area contributed by atoms with Gasteiger partial charge in [0.05, 0.1) is 32.6 Å². The number of hydrogen-bond donors (Lipinski definition) is 1. The summed E-state index contributed by atoms with van der Waals surface area (Å²) in [5.41, 5.74) is 1.72. The molecule has 2 aromatic carbocycles. The Labute approximate surface area is 181 Å². The number of fused-ring (bicyclic) bond motifs is 1. The molecule has 0 saturated carbocycles. The molecular weight excluding hydrogens is 425 g/mol. The summed E-state index contributed by atoms with van der Waals surface area (Å²) >= 11 is 0. The first-order chi connectivity index (χ1) is 15.3. The Morgan fingerprint density at radius 3 is 2.03 bits per heavy atom. The number of benzene rings is 2. The van der Waals surface area contributed by atoms with Gasteiger partial charge in [-0.3, -0.25) is 4.40 Å². The molecule has 0 atom stereocenters. The van der Waals surface area contributed by atoms with Crippen LogP contribution >= 0.6 is 0 Å². The average molecular weight is 444 g/mol. The summed E-state index contributed by atoms with van der Waals surface area (Å²) in [4.78, 5) is 0. The standard InChI is InChI=1S/C22H19F3N4O3/c1-30-17-10-16(11-18(31-2)20(17)32-3)26-15-8-9-19-27-28-21(29(19)12-15)13-4-6-14(7-5-13)22(23,24)25/h4-12,26H,1-3H3. The van der Waals surface area contributed by atoms with Gasteiger partial charge < -0.3 is 19.5 Å². The van der Waals surface area contributed by atoms with E-state index in [1.165, 1.54) is 33.5 Å². The second kappa shape index (κ2) is 8.29. The van der Waals surface area contributed by atoms with Gasteiger partial charge >= 0.3 is 6.18 Å². The summed E-state index contributed by atoms with van der Waals surface area (Å²) in [6.45, 7) is 0. The first kappa shape index (κ1) is 21.3. The number of nitrogens with one attached hydrogen (secondary N) is 1. The van der Waals surface area contributed by atoms with Crippen LogP contribution in [-0.2, 0) is 6.18 Å². The molecule has 0 unspecified atom stereocenters. The van der Waals surface area contributed by atoms with Crippen LogP contribution in [-0.4, -0.2) is 35.9 Å². The van der Waals surface area contributed by atoms with Crippen LogP contribution in [0.2, 0.25) is 0 Å². The van der Waals surface area contributed by atoms with E-state index in [2.05, 4.69) is 15.5 Å². The first-order valence-electron chi connectivity index (χ1n) is 9.43. The molecule has 0 saturated heterocycles. The van der Waals surface area contributed by atoms with Crippen LogP contribution in [0.3, 0.4) is 0 Å². The number of rotatable bonds is 6. The largest absolute Gasteiger partial charge is 0.493 e. The van der Waals surface area contributed by atoms with Crippen molar-refractivity contribution in [3.8, 4) is 28.6 Å². The molecule has 0 aliphatic heterocycles. The van der Waals surface area contributed by atoms with Gasteiger partial charge in [-0.05, 0) is 24.3 Å². The zero-order chi connectivity index (χ0) is 22.9. The number of nitrogens with zero attached hydrogens (tertiary/aromatic N) is 3. The summed E-state index contributed by atoms with van der Waals surface area (Å²) in [5.74, 6) is 1.87. The van der Waals surface area contributed by atoms with Gasteiger partial charge in [-0.15, -0.1) is 10.2 Å². The van der Waals surface area contributed by atoms with Gasteiger partial charge in [0, 0.05) is 29.6 Å². The van der Waals surface area contributed by atoms with Gasteiger partial charge in [0.1, 0.15) is 0 Å². The molecule has 0 aliphatic rings. The third kappa shape index (κ3) is 3.98. The second-order valence-corrected chi connectivity index (χ2v) is 6.78. The van der Waals surface area contributed by atoms with E-state index in [-0.39, 0.29) is 0 Å². The highest BCUT2D eigenvalue weighted by Crippen LogP contribution is 2.40. The number of aromatic nitrogens is 3. The minimum absolute atomic E-state index is 0.419. The molecule has 2 aromatic heterocycles. The molecular formula is C22H19F3N4O3. The minimum Gasteiger partial charge on any atom is -0.493 e. The number of alkyl halides is 3. The van der Waals surface area contributed by atoms with Gasteiger partial charge in [0.15, 0.2) is 23.0 Å². The van der Waals surface area contributed by atoms with Crippen molar-refractivity contribution in [2.75, 3.05) is 26.6 Å². The third-order valence-corrected chi connectivity index (χ3v) is 4.83. The zero-order valence-corrected chi connectivity index (χ0v) is 17.4. The fourth-order valence-electron chi connectivity index (χ4n) is 3.29. The number of hydrogen-bond acceptors (Lipinski definition) is 6. The fourth-order valence-corrected chi connectivity index (χ4v) is 3.29. The van der Waals surface area contributed by atoms with E-state index in [4.69, 9.17) is 14.2 Å². The van der Waals surface area contributed by atoms with Crippen molar-refractivity contribution in [2.45, 2.75) is 6.18 Å². The van der Waals surface area contributed by atoms with Crippen molar-refractivity contribution in [1.82, 2.24) is 14.6 Å². The minimum atomic E-state index is -4.40. The average Bonchev–Trinajstić information content (AvgIpc) is 3.21. The van der Waals surface area contributed by atoms with Crippen LogP contribution in [0.1, 0.15) is 5.56 Å². The van der Waals surface area contributed by atoms with Crippen molar-refractivity contribution < 1.29 is 27.4 Å². The molecule has 0 radical (unpaired) electrons. The molecule has 1 N–H and O–H groups in total. The lowest BCUT2D eigenvalue weighted by Gasteiger charge is -2.15. The Balaban J connectivity index is 1.69. The van der Waals surface area contributed by atoms with Crippen LogP contribution in [0.5, 0.6) is 17.2 Å². The molecule has 0 aliphatic carbocycles. The lowest BCUT2D eigenvalue weighted by molar-refractivity contribution is -0.137. The molecule has 7 nitrogen and oxygen atoms in total. The Hall–Kier alpha value is -3.95. The van der Waals surface area contributed by atoms with E-state index in [1.807, 2.05) is 6.07 Å². The normalized spacial score (nSPS) is 11.4. The van der Waals surface area contributed by atoms with Gasteiger partial charge in [0.2, 0.25) is 5.75 Å². The summed E-state index contributed by atoms with van der Waals surface area (Å²) < 4.78 is 56.4. The van der Waals surface area contributed by atoms with Gasteiger partial charge in [-0.2, -0.15) is 13.2 Å². The number of ether oxygens (including phenoxy) is 3. The van der Waals surface area contributed by atoms with Crippen LogP contribution in [0, 0.1) is 0 Å². The smallest absolute Gasteiger partial charge is 0.416 e. The van der Waals surface area contributed by atoms with E-state index in [0.717, 1.165) is 12.1 Å². The monoisotopic (exact) mass is 444 g/mol. The summed E-state index contributed by atoms with van der Waals surface area (Å²) in [7, 11) is 4.58. The van der Waals surface area contributed by atoms with Crippen molar-refractivity contribution in [3.63, 3.8) is 0 Å². The van der Waals surface area contributed by atoms with Crippen molar-refractivity contribution in [2.24, 2.45) is 0 Å². The summed E-state index contributed by atoms with van der Waals surface area (Å²) in [6, 6.07) is 11.9. The molecule has 0 bridgehead atoms. The maximum Gasteiger partial charge on any atom is 0.416 e. The zero-order valence-electron chi connectivity index (χ0n) is 17.4. The number of halogens is 3. The molecule has 2 heterocycles. The molecule has 0 amide bonds. The van der Waals surface area contributed by atoms with Crippen molar-refractivity contribution >= 4 is 17.0 Å². The lowest BCUT2D eigenvalue weighted by atomic mass is 10.1. The summed E-state index contributed by atoms with van der Waals surface area (Å²) in [5, 5.41) is 11.5. The van der Waals surface area contributed by atoms with Gasteiger partial charge in [-0.25, -0.2) is 0 Å². The molecule has 0 spiro atoms. The number of methoxy groups -OCH3 is 3. The van der Waals surface area contributed by atoms with E-state index in [9.17, 15) is 13.2 Å². The van der Waals surface area contributed by atoms with Crippen LogP contribution < -0.4 is 19.5 Å². The molecule has 4 aromatic rings. The first-order valence-corrected chi connectivity index (χ1v) is 9.43. The Morgan fingerprint density at radius 2 is 1.47 bits per heavy atom. The fraction of sp³-hybridized carbons (Fsp3) is 0.182. The van der Waals surface area contributed by atoms with E-state index in [0.29, 0.717) is 45.7 Å². The number of anilines is 2. The highest BCUT2D eigenvalue weighted by Gasteiger charge is 2.30. The third-order valence-electron chi connectivity index (χ3n) is 4.83. The molecule has 166 valence electrons. The number of pyridine rings is 1. The predicted octanol–water partition coefficient (Wildman–Crippen LogP) is 5.18. The topological polar surface area (TPSA) is 69.9 Å². The molecule has 4 rings (SSSR count). The van der Waals surface area contributed by atoms with E-state index in [1.54, 1.807) is 28.8 Å². The maximum atomic E-state index is 12.9. The quantitative estimate of drug-likeness (QED) is 0.442. The Morgan fingerprint density at radius 1 is 0.812 bits per heavy atom. The Bertz CT molecular complexity index is 1230. The van der Waals surface area contributed by atoms with Crippen molar-refractivity contribution in [3.05, 3.63) is 60.3 Å². The van der Waals surface area contributed by atoms with Crippen molar-refractivity contribution in [1.29, 1.82) is 0 Å². The highest BCUT2D eigenvalue weighted by atomic mass is 19.4. The summed E-state index contributed by atoms with van der Waals surface area (Å²) in [6.07, 6.45) is -2.64. The SMILES string of the molecule is COc1cc(Nc2ccc3nnc(-c4ccc(C(F)(F)F)cc4)n3c2)cc(OC)c1OC. The van der Waals surface area contributed by atoms with Crippen LogP contribution in [0.15, 0.2) is 54.7 Å². The van der Waals surface area contributed by atoms with Gasteiger partial charge in [-0.1, -0.05) is 12.1 Å². The van der Waals surface area contributed by atoms with Gasteiger partial charge in [0.25, 0.3) is 0 Å². The van der Waals surface area contributed by atoms with Crippen LogP contribution in [0.4, 0.5) is 24.5 Å². The van der Waals surface area contributed by atoms with E-state index < -0.39 is 11.7 Å². The Kier molecular flexibility index (Phi) is 5.52. The molecule has 0 fully saturated rings. The van der Waals surface area contributed by atoms with Crippen LogP contribution in [0.25, 0.3) is 17.0 Å². The van der Waals surface area contributed by atoms with E-state index >= 15 is 0 Å². The lowest BCUT2D eigenvalue weighted by Crippen LogP contribution is -2.04. The highest BCUT2D eigenvalue weighted by molar-refractivity contribution is 5.69. The second-order valence-electron chi connectivity index (χ2n) is 6.78. The maximum absolute atomic E-state index is 12.9.